The number of nitrogens with zero attached hydrogens (tertiary/aromatic N) is 2. The maximum absolute atomic E-state index is 13.7. The van der Waals surface area contributed by atoms with Crippen LogP contribution in [0.25, 0.3) is 16.9 Å². The predicted molar refractivity (Wildman–Crippen MR) is 98.3 cm³/mol. The van der Waals surface area contributed by atoms with Crippen molar-refractivity contribution in [2.45, 2.75) is 0 Å². The second-order valence-electron chi connectivity index (χ2n) is 5.82. The van der Waals surface area contributed by atoms with Gasteiger partial charge in [0.05, 0.1) is 12.7 Å². The first kappa shape index (κ1) is 18.5. The molecule has 7 nitrogen and oxygen atoms in total. The number of hydrogen-bond donors (Lipinski definition) is 3. The summed E-state index contributed by atoms with van der Waals surface area (Å²) in [4.78, 5) is 16.6. The van der Waals surface area contributed by atoms with Gasteiger partial charge in [0, 0.05) is 31.3 Å². The Hall–Kier alpha value is -3.26. The smallest absolute Gasteiger partial charge is 0.273 e. The molecule has 140 valence electrons. The molecule has 2 aromatic heterocycles. The molecule has 0 fully saturated rings. The molecule has 3 N–H and O–H groups in total. The molecule has 0 aliphatic rings. The number of halogens is 1. The van der Waals surface area contributed by atoms with Gasteiger partial charge < -0.3 is 15.4 Å². The number of H-pyrrole nitrogens is 1. The van der Waals surface area contributed by atoms with Gasteiger partial charge in [-0.15, -0.1) is 0 Å². The van der Waals surface area contributed by atoms with Crippen molar-refractivity contribution in [1.82, 2.24) is 20.7 Å². The summed E-state index contributed by atoms with van der Waals surface area (Å²) in [5.74, 6) is -0.125. The first-order valence-electron chi connectivity index (χ1n) is 8.46. The zero-order valence-electron chi connectivity index (χ0n) is 15.1. The van der Waals surface area contributed by atoms with Crippen LogP contribution in [0.4, 0.5) is 4.39 Å². The quantitative estimate of drug-likeness (QED) is 0.434. The number of hydrogen-bond acceptors (Lipinski definition) is 4. The number of pyridine rings is 1. The SMILES string of the molecule is CNCCNC(=O)c1cc(-c2cccc(F)c2)[n+](-c2ccc(OC)nc2)[nH]1. The molecule has 27 heavy (non-hydrogen) atoms. The monoisotopic (exact) mass is 370 g/mol. The van der Waals surface area contributed by atoms with Crippen LogP contribution in [0.15, 0.2) is 48.7 Å². The number of carbonyl (C=O) groups excluding carboxylic acids is 1. The Morgan fingerprint density at radius 1 is 1.26 bits per heavy atom. The number of benzene rings is 1. The van der Waals surface area contributed by atoms with Crippen LogP contribution in [0, 0.1) is 5.82 Å². The zero-order valence-corrected chi connectivity index (χ0v) is 15.1. The molecule has 3 rings (SSSR count). The number of amides is 1. The number of nitrogens with one attached hydrogen (secondary N) is 3. The Balaban J connectivity index is 2.02. The molecule has 8 heteroatoms. The van der Waals surface area contributed by atoms with Crippen molar-refractivity contribution in [2.75, 3.05) is 27.2 Å². The molecule has 0 saturated heterocycles. The fourth-order valence-corrected chi connectivity index (χ4v) is 2.62. The van der Waals surface area contributed by atoms with Gasteiger partial charge in [0.25, 0.3) is 11.6 Å². The summed E-state index contributed by atoms with van der Waals surface area (Å²) < 4.78 is 20.5. The Morgan fingerprint density at radius 2 is 2.11 bits per heavy atom. The summed E-state index contributed by atoms with van der Waals surface area (Å²) in [6.07, 6.45) is 1.61. The number of methoxy groups -OCH3 is 1. The molecule has 0 atom stereocenters. The van der Waals surface area contributed by atoms with Crippen molar-refractivity contribution in [3.63, 3.8) is 0 Å². The lowest BCUT2D eigenvalue weighted by molar-refractivity contribution is -0.644. The summed E-state index contributed by atoms with van der Waals surface area (Å²) >= 11 is 0. The van der Waals surface area contributed by atoms with E-state index in [4.69, 9.17) is 4.74 Å². The van der Waals surface area contributed by atoms with Crippen LogP contribution >= 0.6 is 0 Å². The van der Waals surface area contributed by atoms with Crippen LogP contribution in [-0.4, -0.2) is 43.2 Å². The minimum absolute atomic E-state index is 0.247. The second kappa shape index (κ2) is 8.41. The normalized spacial score (nSPS) is 10.6. The van der Waals surface area contributed by atoms with E-state index in [1.165, 1.54) is 19.2 Å². The predicted octanol–water partition coefficient (Wildman–Crippen LogP) is 1.45. The van der Waals surface area contributed by atoms with E-state index in [0.717, 1.165) is 0 Å². The Kier molecular flexibility index (Phi) is 5.77. The second-order valence-corrected chi connectivity index (χ2v) is 5.82. The largest absolute Gasteiger partial charge is 0.481 e. The van der Waals surface area contributed by atoms with Crippen molar-refractivity contribution in [3.05, 3.63) is 60.2 Å². The molecule has 0 spiro atoms. The highest BCUT2D eigenvalue weighted by molar-refractivity contribution is 5.93. The maximum Gasteiger partial charge on any atom is 0.273 e. The molecular weight excluding hydrogens is 349 g/mol. The molecule has 1 amide bonds. The van der Waals surface area contributed by atoms with Gasteiger partial charge in [0.15, 0.2) is 5.69 Å². The van der Waals surface area contributed by atoms with E-state index in [1.54, 1.807) is 41.2 Å². The van der Waals surface area contributed by atoms with Crippen LogP contribution < -0.4 is 20.1 Å². The van der Waals surface area contributed by atoms with Crippen molar-refractivity contribution in [1.29, 1.82) is 0 Å². The molecule has 1 aromatic carbocycles. The van der Waals surface area contributed by atoms with Crippen molar-refractivity contribution in [3.8, 4) is 22.8 Å². The van der Waals surface area contributed by atoms with E-state index < -0.39 is 0 Å². The third-order valence-electron chi connectivity index (χ3n) is 3.97. The third-order valence-corrected chi connectivity index (χ3v) is 3.97. The summed E-state index contributed by atoms with van der Waals surface area (Å²) in [5.41, 5.74) is 2.32. The lowest BCUT2D eigenvalue weighted by Gasteiger charge is -2.01. The molecule has 0 aliphatic heterocycles. The standard InChI is InChI=1S/C19H20FN5O2/c1-21-8-9-22-19(26)16-11-17(13-4-3-5-14(20)10-13)25(24-16)15-6-7-18(27-2)23-12-15/h3-7,10-12,21H,8-9H2,1-2H3,(H,22,26)/p+1. The third kappa shape index (κ3) is 4.29. The summed E-state index contributed by atoms with van der Waals surface area (Å²) in [6, 6.07) is 11.4. The van der Waals surface area contributed by atoms with E-state index in [0.29, 0.717) is 41.6 Å². The fraction of sp³-hybridized carbons (Fsp3) is 0.211. The van der Waals surface area contributed by atoms with Crippen molar-refractivity contribution in [2.24, 2.45) is 0 Å². The van der Waals surface area contributed by atoms with E-state index in [-0.39, 0.29) is 11.7 Å². The maximum atomic E-state index is 13.7. The van der Waals surface area contributed by atoms with Crippen LogP contribution in [0.3, 0.4) is 0 Å². The highest BCUT2D eigenvalue weighted by Gasteiger charge is 2.24. The fourth-order valence-electron chi connectivity index (χ4n) is 2.62. The van der Waals surface area contributed by atoms with Crippen molar-refractivity contribution >= 4 is 5.91 Å². The zero-order chi connectivity index (χ0) is 19.2. The topological polar surface area (TPSA) is 82.9 Å². The first-order valence-corrected chi connectivity index (χ1v) is 8.46. The first-order chi connectivity index (χ1) is 13.1. The molecule has 0 aliphatic carbocycles. The Labute approximate surface area is 156 Å². The lowest BCUT2D eigenvalue weighted by Crippen LogP contribution is -2.36. The summed E-state index contributed by atoms with van der Waals surface area (Å²) in [5, 5.41) is 8.85. The summed E-state index contributed by atoms with van der Waals surface area (Å²) in [7, 11) is 3.35. The lowest BCUT2D eigenvalue weighted by atomic mass is 10.1. The van der Waals surface area contributed by atoms with Gasteiger partial charge in [-0.25, -0.2) is 9.37 Å². The van der Waals surface area contributed by atoms with E-state index in [9.17, 15) is 9.18 Å². The molecule has 0 bridgehead atoms. The highest BCUT2D eigenvalue weighted by Crippen LogP contribution is 2.19. The van der Waals surface area contributed by atoms with Gasteiger partial charge in [-0.3, -0.25) is 4.79 Å². The van der Waals surface area contributed by atoms with Crippen molar-refractivity contribution < 1.29 is 18.6 Å². The van der Waals surface area contributed by atoms with Crippen LogP contribution in [-0.2, 0) is 0 Å². The van der Waals surface area contributed by atoms with Gasteiger partial charge in [-0.05, 0) is 25.2 Å². The number of ether oxygens (including phenoxy) is 1. The van der Waals surface area contributed by atoms with Gasteiger partial charge in [-0.2, -0.15) is 5.10 Å². The number of rotatable bonds is 7. The average molecular weight is 370 g/mol. The molecule has 2 heterocycles. The van der Waals surface area contributed by atoms with Crippen LogP contribution in [0.1, 0.15) is 10.5 Å². The minimum atomic E-state index is -0.354. The van der Waals surface area contributed by atoms with Crippen LogP contribution in [0.2, 0.25) is 0 Å². The van der Waals surface area contributed by atoms with Gasteiger partial charge in [-0.1, -0.05) is 10.7 Å². The van der Waals surface area contributed by atoms with E-state index >= 15 is 0 Å². The van der Waals surface area contributed by atoms with E-state index in [2.05, 4.69) is 20.7 Å². The average Bonchev–Trinajstić information content (AvgIpc) is 3.14. The number of aromatic nitrogens is 3. The molecule has 0 radical (unpaired) electrons. The number of aromatic amines is 1. The van der Waals surface area contributed by atoms with E-state index in [1.807, 2.05) is 7.05 Å². The molecule has 0 unspecified atom stereocenters. The molecular formula is C19H21FN5O2+. The van der Waals surface area contributed by atoms with Crippen LogP contribution in [0.5, 0.6) is 5.88 Å². The highest BCUT2D eigenvalue weighted by atomic mass is 19.1. The minimum Gasteiger partial charge on any atom is -0.481 e. The Bertz CT molecular complexity index is 924. The van der Waals surface area contributed by atoms with Gasteiger partial charge >= 0.3 is 0 Å². The number of likely N-dealkylation sites (N-methyl/N-ethyl adjacent to an activating group) is 1. The molecule has 0 saturated carbocycles. The molecule has 3 aromatic rings. The summed E-state index contributed by atoms with van der Waals surface area (Å²) in [6.45, 7) is 1.15. The number of carbonyl (C=O) groups is 1. The Morgan fingerprint density at radius 3 is 2.78 bits per heavy atom. The van der Waals surface area contributed by atoms with Gasteiger partial charge in [0.2, 0.25) is 11.6 Å². The van der Waals surface area contributed by atoms with Gasteiger partial charge in [0.1, 0.15) is 12.0 Å².